The Balaban J connectivity index is 1.72. The highest BCUT2D eigenvalue weighted by Crippen LogP contribution is 2.34. The molecule has 1 aromatic heterocycles. The molecule has 138 valence electrons. The highest BCUT2D eigenvalue weighted by Gasteiger charge is 2.44. The fourth-order valence-electron chi connectivity index (χ4n) is 3.87. The summed E-state index contributed by atoms with van der Waals surface area (Å²) in [5.41, 5.74) is 0. The molecular formula is C17H26N4O4. The van der Waals surface area contributed by atoms with Crippen molar-refractivity contribution in [1.29, 1.82) is 0 Å². The number of β-amino-alcohol motifs (C(OH)–C–C–N with tert-alkyl or cyclic N) is 1. The predicted octanol–water partition coefficient (Wildman–Crippen LogP) is 1.05. The van der Waals surface area contributed by atoms with Gasteiger partial charge in [0.25, 0.3) is 0 Å². The molecule has 0 radical (unpaired) electrons. The van der Waals surface area contributed by atoms with Gasteiger partial charge in [0, 0.05) is 32.0 Å². The number of likely N-dealkylation sites (tertiary alicyclic amines) is 2. The van der Waals surface area contributed by atoms with Crippen LogP contribution in [0.1, 0.15) is 57.3 Å². The maximum absolute atomic E-state index is 13.0. The summed E-state index contributed by atoms with van der Waals surface area (Å²) >= 11 is 0. The SMILES string of the molecule is CCCC(C)N1CC(C(=O)N2C[C@@H](O)C[C@@H]2c2nc(C)no2)CC1=O. The van der Waals surface area contributed by atoms with E-state index >= 15 is 0 Å². The summed E-state index contributed by atoms with van der Waals surface area (Å²) in [6, 6.07) is -0.269. The minimum atomic E-state index is -0.617. The lowest BCUT2D eigenvalue weighted by molar-refractivity contribution is -0.137. The zero-order valence-corrected chi connectivity index (χ0v) is 15.0. The molecule has 0 aromatic carbocycles. The van der Waals surface area contributed by atoms with Crippen molar-refractivity contribution >= 4 is 11.8 Å². The average molecular weight is 350 g/mol. The molecule has 4 atom stereocenters. The van der Waals surface area contributed by atoms with E-state index < -0.39 is 12.1 Å². The van der Waals surface area contributed by atoms with Crippen molar-refractivity contribution in [1.82, 2.24) is 19.9 Å². The summed E-state index contributed by atoms with van der Waals surface area (Å²) < 4.78 is 5.21. The van der Waals surface area contributed by atoms with Crippen LogP contribution in [0.4, 0.5) is 0 Å². The third-order valence-corrected chi connectivity index (χ3v) is 5.14. The Hall–Kier alpha value is -1.96. The van der Waals surface area contributed by atoms with Gasteiger partial charge in [0.2, 0.25) is 17.7 Å². The van der Waals surface area contributed by atoms with E-state index in [0.29, 0.717) is 24.7 Å². The highest BCUT2D eigenvalue weighted by atomic mass is 16.5. The van der Waals surface area contributed by atoms with Crippen molar-refractivity contribution in [3.05, 3.63) is 11.7 Å². The van der Waals surface area contributed by atoms with Gasteiger partial charge in [0.15, 0.2) is 5.82 Å². The van der Waals surface area contributed by atoms with E-state index in [4.69, 9.17) is 4.52 Å². The van der Waals surface area contributed by atoms with Crippen molar-refractivity contribution in [2.45, 2.75) is 64.6 Å². The summed E-state index contributed by atoms with van der Waals surface area (Å²) in [7, 11) is 0. The van der Waals surface area contributed by atoms with E-state index in [2.05, 4.69) is 17.1 Å². The van der Waals surface area contributed by atoms with Crippen LogP contribution in [0.5, 0.6) is 0 Å². The largest absolute Gasteiger partial charge is 0.391 e. The highest BCUT2D eigenvalue weighted by molar-refractivity contribution is 5.89. The second kappa shape index (κ2) is 7.11. The number of hydrogen-bond acceptors (Lipinski definition) is 6. The molecule has 2 amide bonds. The van der Waals surface area contributed by atoms with Gasteiger partial charge in [-0.3, -0.25) is 9.59 Å². The van der Waals surface area contributed by atoms with Gasteiger partial charge in [-0.25, -0.2) is 0 Å². The smallest absolute Gasteiger partial charge is 0.249 e. The molecule has 1 aromatic rings. The molecule has 25 heavy (non-hydrogen) atoms. The van der Waals surface area contributed by atoms with Crippen LogP contribution < -0.4 is 0 Å². The number of amides is 2. The molecule has 2 fully saturated rings. The Morgan fingerprint density at radius 1 is 1.44 bits per heavy atom. The third kappa shape index (κ3) is 3.53. The summed E-state index contributed by atoms with van der Waals surface area (Å²) in [4.78, 5) is 32.9. The molecule has 0 bridgehead atoms. The van der Waals surface area contributed by atoms with E-state index in [-0.39, 0.29) is 36.7 Å². The van der Waals surface area contributed by atoms with E-state index in [1.54, 1.807) is 11.8 Å². The molecule has 0 spiro atoms. The number of rotatable bonds is 5. The molecule has 3 rings (SSSR count). The van der Waals surface area contributed by atoms with Gasteiger partial charge in [0.05, 0.1) is 12.0 Å². The molecule has 0 saturated carbocycles. The summed E-state index contributed by atoms with van der Waals surface area (Å²) in [6.45, 7) is 6.51. The van der Waals surface area contributed by atoms with E-state index in [1.807, 2.05) is 11.8 Å². The first kappa shape index (κ1) is 17.8. The van der Waals surface area contributed by atoms with Crippen LogP contribution in [-0.2, 0) is 9.59 Å². The molecule has 2 unspecified atom stereocenters. The molecule has 8 heteroatoms. The molecule has 2 saturated heterocycles. The number of carbonyl (C=O) groups excluding carboxylic acids is 2. The van der Waals surface area contributed by atoms with Crippen LogP contribution in [0.3, 0.4) is 0 Å². The van der Waals surface area contributed by atoms with Crippen molar-refractivity contribution in [3.63, 3.8) is 0 Å². The molecular weight excluding hydrogens is 324 g/mol. The molecule has 2 aliphatic rings. The van der Waals surface area contributed by atoms with Crippen LogP contribution in [0.25, 0.3) is 0 Å². The quantitative estimate of drug-likeness (QED) is 0.852. The van der Waals surface area contributed by atoms with Crippen LogP contribution in [-0.4, -0.2) is 62.1 Å². The number of hydrogen-bond donors (Lipinski definition) is 1. The zero-order valence-electron chi connectivity index (χ0n) is 15.0. The van der Waals surface area contributed by atoms with Crippen LogP contribution >= 0.6 is 0 Å². The Kier molecular flexibility index (Phi) is 5.08. The van der Waals surface area contributed by atoms with Crippen LogP contribution in [0.15, 0.2) is 4.52 Å². The number of aliphatic hydroxyl groups excluding tert-OH is 1. The van der Waals surface area contributed by atoms with Crippen LogP contribution in [0, 0.1) is 12.8 Å². The number of aliphatic hydroxyl groups is 1. The molecule has 1 N–H and O–H groups in total. The monoisotopic (exact) mass is 350 g/mol. The first-order valence-electron chi connectivity index (χ1n) is 8.98. The maximum Gasteiger partial charge on any atom is 0.249 e. The molecule has 2 aliphatic heterocycles. The van der Waals surface area contributed by atoms with Gasteiger partial charge in [-0.1, -0.05) is 18.5 Å². The lowest BCUT2D eigenvalue weighted by atomic mass is 10.1. The van der Waals surface area contributed by atoms with Gasteiger partial charge in [-0.05, 0) is 20.3 Å². The van der Waals surface area contributed by atoms with Crippen molar-refractivity contribution in [3.8, 4) is 0 Å². The zero-order chi connectivity index (χ0) is 18.1. The topological polar surface area (TPSA) is 99.8 Å². The van der Waals surface area contributed by atoms with E-state index in [0.717, 1.165) is 12.8 Å². The lowest BCUT2D eigenvalue weighted by Crippen LogP contribution is -2.39. The number of aromatic nitrogens is 2. The second-order valence-corrected chi connectivity index (χ2v) is 7.16. The molecule has 8 nitrogen and oxygen atoms in total. The number of nitrogens with zero attached hydrogens (tertiary/aromatic N) is 4. The fourth-order valence-corrected chi connectivity index (χ4v) is 3.87. The van der Waals surface area contributed by atoms with Crippen LogP contribution in [0.2, 0.25) is 0 Å². The van der Waals surface area contributed by atoms with E-state index in [9.17, 15) is 14.7 Å². The Labute approximate surface area is 147 Å². The number of aryl methyl sites for hydroxylation is 1. The molecule has 0 aliphatic carbocycles. The first-order chi connectivity index (χ1) is 11.9. The number of carbonyl (C=O) groups is 2. The van der Waals surface area contributed by atoms with Gasteiger partial charge in [0.1, 0.15) is 6.04 Å². The van der Waals surface area contributed by atoms with E-state index in [1.165, 1.54) is 0 Å². The average Bonchev–Trinajstić information content (AvgIpc) is 3.25. The second-order valence-electron chi connectivity index (χ2n) is 7.16. The minimum absolute atomic E-state index is 0.0317. The first-order valence-corrected chi connectivity index (χ1v) is 8.98. The molecule has 3 heterocycles. The fraction of sp³-hybridized carbons (Fsp3) is 0.765. The normalized spacial score (nSPS) is 28.0. The predicted molar refractivity (Wildman–Crippen MR) is 88.3 cm³/mol. The van der Waals surface area contributed by atoms with Gasteiger partial charge in [-0.15, -0.1) is 0 Å². The van der Waals surface area contributed by atoms with Gasteiger partial charge < -0.3 is 19.4 Å². The van der Waals surface area contributed by atoms with Gasteiger partial charge in [-0.2, -0.15) is 4.98 Å². The van der Waals surface area contributed by atoms with Crippen molar-refractivity contribution in [2.75, 3.05) is 13.1 Å². The lowest BCUT2D eigenvalue weighted by Gasteiger charge is -2.26. The Bertz CT molecular complexity index is 646. The minimum Gasteiger partial charge on any atom is -0.391 e. The Morgan fingerprint density at radius 2 is 2.20 bits per heavy atom. The third-order valence-electron chi connectivity index (χ3n) is 5.14. The van der Waals surface area contributed by atoms with Gasteiger partial charge >= 0.3 is 0 Å². The Morgan fingerprint density at radius 3 is 2.84 bits per heavy atom. The summed E-state index contributed by atoms with van der Waals surface area (Å²) in [5, 5.41) is 13.8. The standard InChI is InChI=1S/C17H26N4O4/c1-4-5-10(2)20-8-12(6-15(20)23)17(24)21-9-13(22)7-14(21)16-18-11(3)19-25-16/h10,12-14,22H,4-9H2,1-3H3/t10?,12?,13-,14+/m0/s1. The van der Waals surface area contributed by atoms with Crippen molar-refractivity contribution < 1.29 is 19.2 Å². The summed E-state index contributed by atoms with van der Waals surface area (Å²) in [5.74, 6) is 0.395. The van der Waals surface area contributed by atoms with Crippen molar-refractivity contribution in [2.24, 2.45) is 5.92 Å². The summed E-state index contributed by atoms with van der Waals surface area (Å²) in [6.07, 6.45) is 1.92. The maximum atomic E-state index is 13.0.